The molecule has 0 saturated heterocycles. The zero-order valence-corrected chi connectivity index (χ0v) is 11.5. The third-order valence-corrected chi connectivity index (χ3v) is 3.07. The largest absolute Gasteiger partial charge is 0.495 e. The fourth-order valence-electron chi connectivity index (χ4n) is 1.79. The molecule has 0 aliphatic rings. The zero-order valence-electron chi connectivity index (χ0n) is 10.7. The predicted molar refractivity (Wildman–Crippen MR) is 77.9 cm³/mol. The smallest absolute Gasteiger partial charge is 0.137 e. The molecule has 100 valence electrons. The van der Waals surface area contributed by atoms with Crippen LogP contribution in [0.3, 0.4) is 0 Å². The van der Waals surface area contributed by atoms with Crippen molar-refractivity contribution in [1.82, 2.24) is 0 Å². The lowest BCUT2D eigenvalue weighted by Gasteiger charge is -2.04. The van der Waals surface area contributed by atoms with Gasteiger partial charge in [-0.2, -0.15) is 5.26 Å². The Morgan fingerprint density at radius 2 is 2.05 bits per heavy atom. The van der Waals surface area contributed by atoms with Crippen LogP contribution in [0.25, 0.3) is 11.6 Å². The average Bonchev–Trinajstić information content (AvgIpc) is 2.46. The molecule has 0 amide bonds. The Bertz CT molecular complexity index is 704. The minimum atomic E-state index is -0.431. The second kappa shape index (κ2) is 6.23. The van der Waals surface area contributed by atoms with Gasteiger partial charge < -0.3 is 4.74 Å². The molecule has 2 rings (SSSR count). The van der Waals surface area contributed by atoms with Gasteiger partial charge in [-0.25, -0.2) is 4.39 Å². The van der Waals surface area contributed by atoms with Gasteiger partial charge in [-0.05, 0) is 29.8 Å². The normalized spacial score (nSPS) is 11.0. The molecule has 0 saturated carbocycles. The first-order chi connectivity index (χ1) is 9.65. The predicted octanol–water partition coefficient (Wildman–Crippen LogP) is 4.55. The van der Waals surface area contributed by atoms with E-state index < -0.39 is 5.82 Å². The van der Waals surface area contributed by atoms with Gasteiger partial charge in [-0.15, -0.1) is 0 Å². The highest BCUT2D eigenvalue weighted by atomic mass is 35.5. The van der Waals surface area contributed by atoms with Crippen molar-refractivity contribution in [2.75, 3.05) is 7.11 Å². The molecule has 0 atom stereocenters. The highest BCUT2D eigenvalue weighted by Crippen LogP contribution is 2.27. The highest BCUT2D eigenvalue weighted by Gasteiger charge is 2.07. The summed E-state index contributed by atoms with van der Waals surface area (Å²) in [5.41, 5.74) is 1.21. The lowest BCUT2D eigenvalue weighted by atomic mass is 10.0. The molecule has 0 aliphatic heterocycles. The summed E-state index contributed by atoms with van der Waals surface area (Å²) in [7, 11) is 1.52. The molecule has 4 heteroatoms. The van der Waals surface area contributed by atoms with Gasteiger partial charge in [-0.1, -0.05) is 35.9 Å². The highest BCUT2D eigenvalue weighted by molar-refractivity contribution is 6.32. The van der Waals surface area contributed by atoms with E-state index in [9.17, 15) is 9.65 Å². The quantitative estimate of drug-likeness (QED) is 0.613. The third-order valence-electron chi connectivity index (χ3n) is 2.77. The maximum Gasteiger partial charge on any atom is 0.137 e. The molecule has 0 fully saturated rings. The second-order valence-corrected chi connectivity index (χ2v) is 4.45. The van der Waals surface area contributed by atoms with E-state index in [4.69, 9.17) is 16.3 Å². The number of hydrogen-bond donors (Lipinski definition) is 0. The summed E-state index contributed by atoms with van der Waals surface area (Å²) in [5, 5.41) is 9.63. The van der Waals surface area contributed by atoms with Crippen molar-refractivity contribution in [3.63, 3.8) is 0 Å². The summed E-state index contributed by atoms with van der Waals surface area (Å²) in [5.74, 6) is 0.119. The van der Waals surface area contributed by atoms with Crippen molar-refractivity contribution in [1.29, 1.82) is 5.26 Å². The van der Waals surface area contributed by atoms with E-state index in [1.807, 2.05) is 6.07 Å². The number of hydrogen-bond acceptors (Lipinski definition) is 2. The number of ether oxygens (including phenoxy) is 1. The van der Waals surface area contributed by atoms with Crippen LogP contribution in [0, 0.1) is 17.1 Å². The van der Waals surface area contributed by atoms with Crippen LogP contribution in [-0.2, 0) is 0 Å². The van der Waals surface area contributed by atoms with E-state index in [0.717, 1.165) is 0 Å². The van der Waals surface area contributed by atoms with Crippen molar-refractivity contribution >= 4 is 23.3 Å². The number of halogens is 2. The van der Waals surface area contributed by atoms with E-state index in [-0.39, 0.29) is 11.1 Å². The first kappa shape index (κ1) is 14.1. The molecule has 2 nitrogen and oxygen atoms in total. The minimum Gasteiger partial charge on any atom is -0.495 e. The summed E-state index contributed by atoms with van der Waals surface area (Å²) in [6.45, 7) is 0. The Hall–Kier alpha value is -2.31. The Balaban J connectivity index is 2.45. The topological polar surface area (TPSA) is 33.0 Å². The molecule has 0 spiro atoms. The van der Waals surface area contributed by atoms with Gasteiger partial charge in [0.25, 0.3) is 0 Å². The molecule has 0 N–H and O–H groups in total. The van der Waals surface area contributed by atoms with E-state index in [0.29, 0.717) is 16.3 Å². The maximum absolute atomic E-state index is 13.7. The van der Waals surface area contributed by atoms with Crippen LogP contribution >= 0.6 is 11.6 Å². The molecule has 2 aromatic rings. The van der Waals surface area contributed by atoms with Crippen LogP contribution < -0.4 is 4.74 Å². The fourth-order valence-corrected chi connectivity index (χ4v) is 2.06. The Labute approximate surface area is 121 Å². The number of allylic oxidation sites excluding steroid dienone is 1. The molecule has 0 aliphatic carbocycles. The minimum absolute atomic E-state index is 0.240. The Morgan fingerprint density at radius 1 is 1.30 bits per heavy atom. The molecular formula is C16H11ClFNO. The van der Waals surface area contributed by atoms with Crippen LogP contribution in [0.1, 0.15) is 11.1 Å². The van der Waals surface area contributed by atoms with Gasteiger partial charge in [-0.3, -0.25) is 0 Å². The molecule has 0 aromatic heterocycles. The van der Waals surface area contributed by atoms with Gasteiger partial charge in [0.05, 0.1) is 23.8 Å². The Kier molecular flexibility index (Phi) is 4.39. The molecule has 0 heterocycles. The van der Waals surface area contributed by atoms with Crippen molar-refractivity contribution in [2.45, 2.75) is 0 Å². The molecule has 0 bridgehead atoms. The van der Waals surface area contributed by atoms with Crippen LogP contribution in [0.4, 0.5) is 4.39 Å². The second-order valence-electron chi connectivity index (χ2n) is 4.04. The number of nitrogens with zero attached hydrogens (tertiary/aromatic N) is 1. The molecule has 0 unspecified atom stereocenters. The van der Waals surface area contributed by atoms with Gasteiger partial charge in [0.2, 0.25) is 0 Å². The van der Waals surface area contributed by atoms with Crippen LogP contribution in [0.15, 0.2) is 42.5 Å². The number of rotatable bonds is 3. The summed E-state index contributed by atoms with van der Waals surface area (Å²) in [4.78, 5) is 0. The van der Waals surface area contributed by atoms with E-state index >= 15 is 0 Å². The summed E-state index contributed by atoms with van der Waals surface area (Å²) >= 11 is 6.02. The Morgan fingerprint density at radius 3 is 2.65 bits per heavy atom. The van der Waals surface area contributed by atoms with E-state index in [1.54, 1.807) is 42.5 Å². The third kappa shape index (κ3) is 2.98. The van der Waals surface area contributed by atoms with Crippen molar-refractivity contribution in [3.05, 3.63) is 64.4 Å². The summed E-state index contributed by atoms with van der Waals surface area (Å²) in [6.07, 6.45) is 1.59. The molecule has 0 radical (unpaired) electrons. The molecule has 20 heavy (non-hydrogen) atoms. The average molecular weight is 288 g/mol. The summed E-state index contributed by atoms with van der Waals surface area (Å²) in [6, 6.07) is 13.3. The zero-order chi connectivity index (χ0) is 14.5. The monoisotopic (exact) mass is 287 g/mol. The van der Waals surface area contributed by atoms with Gasteiger partial charge in [0.15, 0.2) is 0 Å². The first-order valence-electron chi connectivity index (χ1n) is 5.86. The number of methoxy groups -OCH3 is 1. The van der Waals surface area contributed by atoms with Crippen LogP contribution in [0.5, 0.6) is 5.75 Å². The van der Waals surface area contributed by atoms with Crippen molar-refractivity contribution in [2.24, 2.45) is 0 Å². The lowest BCUT2D eigenvalue weighted by Crippen LogP contribution is -1.88. The fraction of sp³-hybridized carbons (Fsp3) is 0.0625. The summed E-state index contributed by atoms with van der Waals surface area (Å²) < 4.78 is 18.7. The SMILES string of the molecule is COc1ccc(C=C(C#N)c2ccccc2F)cc1Cl. The first-order valence-corrected chi connectivity index (χ1v) is 6.23. The number of benzene rings is 2. The maximum atomic E-state index is 13.7. The van der Waals surface area contributed by atoms with E-state index in [1.165, 1.54) is 13.2 Å². The lowest BCUT2D eigenvalue weighted by molar-refractivity contribution is 0.415. The van der Waals surface area contributed by atoms with Crippen LogP contribution in [-0.4, -0.2) is 7.11 Å². The standard InChI is InChI=1S/C16H11ClFNO/c1-20-16-7-6-11(9-14(16)17)8-12(10-19)13-4-2-3-5-15(13)18/h2-9H,1H3. The van der Waals surface area contributed by atoms with E-state index in [2.05, 4.69) is 0 Å². The molecule has 2 aromatic carbocycles. The van der Waals surface area contributed by atoms with Crippen molar-refractivity contribution in [3.8, 4) is 11.8 Å². The van der Waals surface area contributed by atoms with Gasteiger partial charge in [0, 0.05) is 5.56 Å². The van der Waals surface area contributed by atoms with Gasteiger partial charge in [0.1, 0.15) is 11.6 Å². The van der Waals surface area contributed by atoms with Crippen molar-refractivity contribution < 1.29 is 9.13 Å². The van der Waals surface area contributed by atoms with Crippen LogP contribution in [0.2, 0.25) is 5.02 Å². The molecular weight excluding hydrogens is 277 g/mol. The number of nitriles is 1. The van der Waals surface area contributed by atoms with Gasteiger partial charge >= 0.3 is 0 Å².